The molecule has 8 heteroatoms. The Morgan fingerprint density at radius 1 is 1.46 bits per heavy atom. The second-order valence-electron chi connectivity index (χ2n) is 6.42. The molecule has 2 heterocycles. The minimum Gasteiger partial charge on any atom is -0.492 e. The van der Waals surface area contributed by atoms with Gasteiger partial charge in [0.15, 0.2) is 0 Å². The summed E-state index contributed by atoms with van der Waals surface area (Å²) >= 11 is 0. The third-order valence-electron chi connectivity index (χ3n) is 4.35. The second kappa shape index (κ2) is 8.29. The molecule has 1 aliphatic rings. The van der Waals surface area contributed by atoms with Crippen molar-refractivity contribution in [3.05, 3.63) is 48.0 Å². The van der Waals surface area contributed by atoms with Gasteiger partial charge in [0.1, 0.15) is 24.2 Å². The highest BCUT2D eigenvalue weighted by molar-refractivity contribution is 5.82. The Bertz CT molecular complexity index is 751. The zero-order valence-corrected chi connectivity index (χ0v) is 15.0. The Labute approximate surface area is 152 Å². The summed E-state index contributed by atoms with van der Waals surface area (Å²) in [5.74, 6) is 0.187. The van der Waals surface area contributed by atoms with Crippen LogP contribution in [-0.2, 0) is 18.4 Å². The smallest absolute Gasteiger partial charge is 0.241 e. The molecule has 2 aromatic rings. The summed E-state index contributed by atoms with van der Waals surface area (Å²) in [6.45, 7) is 3.47. The van der Waals surface area contributed by atoms with Gasteiger partial charge in [-0.2, -0.15) is 5.10 Å². The average molecular weight is 361 g/mol. The molecule has 1 fully saturated rings. The number of amides is 1. The van der Waals surface area contributed by atoms with Crippen molar-refractivity contribution in [3.8, 4) is 5.75 Å². The van der Waals surface area contributed by atoms with E-state index in [0.29, 0.717) is 31.9 Å². The summed E-state index contributed by atoms with van der Waals surface area (Å²) in [4.78, 5) is 14.6. The van der Waals surface area contributed by atoms with Crippen LogP contribution in [0.15, 0.2) is 36.7 Å². The molecule has 1 aromatic heterocycles. The van der Waals surface area contributed by atoms with Crippen LogP contribution in [0, 0.1) is 5.82 Å². The zero-order chi connectivity index (χ0) is 18.5. The Kier molecular flexibility index (Phi) is 5.85. The van der Waals surface area contributed by atoms with Crippen molar-refractivity contribution in [1.82, 2.24) is 25.5 Å². The lowest BCUT2D eigenvalue weighted by atomic mass is 10.1. The number of carbonyl (C=O) groups excluding carboxylic acids is 1. The molecule has 7 nitrogen and oxygen atoms in total. The van der Waals surface area contributed by atoms with Crippen LogP contribution < -0.4 is 15.6 Å². The summed E-state index contributed by atoms with van der Waals surface area (Å²) in [7, 11) is 1.85. The van der Waals surface area contributed by atoms with E-state index in [-0.39, 0.29) is 23.8 Å². The Balaban J connectivity index is 1.51. The standard InChI is InChI=1S/C18H24FN5O2/c1-3-24(11-13-9-20-23(2)10-13)18(25)17-8-15(21-22-17)12-26-16-6-4-5-14(19)7-16/h4-7,9-10,15,17,21-22H,3,8,11-12H2,1-2H3. The Morgan fingerprint density at radius 2 is 2.31 bits per heavy atom. The van der Waals surface area contributed by atoms with Crippen molar-refractivity contribution < 1.29 is 13.9 Å². The lowest BCUT2D eigenvalue weighted by Crippen LogP contribution is -2.45. The topological polar surface area (TPSA) is 71.4 Å². The van der Waals surface area contributed by atoms with Gasteiger partial charge >= 0.3 is 0 Å². The van der Waals surface area contributed by atoms with E-state index in [1.54, 1.807) is 27.9 Å². The minimum atomic E-state index is -0.331. The number of hydrogen-bond acceptors (Lipinski definition) is 5. The monoisotopic (exact) mass is 361 g/mol. The van der Waals surface area contributed by atoms with Gasteiger partial charge < -0.3 is 9.64 Å². The molecule has 2 unspecified atom stereocenters. The zero-order valence-electron chi connectivity index (χ0n) is 15.0. The maximum Gasteiger partial charge on any atom is 0.241 e. The summed E-state index contributed by atoms with van der Waals surface area (Å²) in [5, 5.41) is 4.14. The van der Waals surface area contributed by atoms with E-state index >= 15 is 0 Å². The third-order valence-corrected chi connectivity index (χ3v) is 4.35. The van der Waals surface area contributed by atoms with Gasteiger partial charge in [-0.05, 0) is 25.5 Å². The number of nitrogens with one attached hydrogen (secondary N) is 2. The maximum atomic E-state index is 13.2. The molecule has 0 spiro atoms. The molecule has 1 amide bonds. The first-order chi connectivity index (χ1) is 12.5. The SMILES string of the molecule is CCN(Cc1cnn(C)c1)C(=O)C1CC(COc2cccc(F)c2)NN1. The third kappa shape index (κ3) is 4.59. The van der Waals surface area contributed by atoms with Gasteiger partial charge in [0.05, 0.1) is 12.2 Å². The van der Waals surface area contributed by atoms with Crippen molar-refractivity contribution in [2.45, 2.75) is 32.0 Å². The first-order valence-electron chi connectivity index (χ1n) is 8.71. The van der Waals surface area contributed by atoms with E-state index in [2.05, 4.69) is 16.0 Å². The second-order valence-corrected chi connectivity index (χ2v) is 6.42. The molecule has 140 valence electrons. The molecule has 1 saturated heterocycles. The van der Waals surface area contributed by atoms with Crippen LogP contribution in [0.4, 0.5) is 4.39 Å². The summed E-state index contributed by atoms with van der Waals surface area (Å²) in [6.07, 6.45) is 4.29. The number of halogens is 1. The van der Waals surface area contributed by atoms with Crippen molar-refractivity contribution in [1.29, 1.82) is 0 Å². The summed E-state index contributed by atoms with van der Waals surface area (Å²) in [5.41, 5.74) is 7.13. The van der Waals surface area contributed by atoms with Crippen LogP contribution in [0.3, 0.4) is 0 Å². The molecule has 26 heavy (non-hydrogen) atoms. The van der Waals surface area contributed by atoms with E-state index in [0.717, 1.165) is 5.56 Å². The molecule has 2 N–H and O–H groups in total. The number of rotatable bonds is 7. The van der Waals surface area contributed by atoms with Crippen molar-refractivity contribution in [2.75, 3.05) is 13.2 Å². The average Bonchev–Trinajstić information content (AvgIpc) is 3.26. The largest absolute Gasteiger partial charge is 0.492 e. The predicted octanol–water partition coefficient (Wildman–Crippen LogP) is 1.22. The van der Waals surface area contributed by atoms with Gasteiger partial charge in [0.25, 0.3) is 0 Å². The highest BCUT2D eigenvalue weighted by atomic mass is 19.1. The van der Waals surface area contributed by atoms with Gasteiger partial charge in [-0.1, -0.05) is 6.07 Å². The molecule has 0 saturated carbocycles. The van der Waals surface area contributed by atoms with Crippen LogP contribution >= 0.6 is 0 Å². The van der Waals surface area contributed by atoms with Crippen LogP contribution in [0.2, 0.25) is 0 Å². The summed E-state index contributed by atoms with van der Waals surface area (Å²) < 4.78 is 20.5. The van der Waals surface area contributed by atoms with Crippen molar-refractivity contribution in [2.24, 2.45) is 7.05 Å². The van der Waals surface area contributed by atoms with Gasteiger partial charge in [0, 0.05) is 38.0 Å². The van der Waals surface area contributed by atoms with E-state index in [1.165, 1.54) is 12.1 Å². The van der Waals surface area contributed by atoms with Gasteiger partial charge in [-0.25, -0.2) is 9.82 Å². The van der Waals surface area contributed by atoms with Crippen molar-refractivity contribution >= 4 is 5.91 Å². The number of benzene rings is 1. The fourth-order valence-electron chi connectivity index (χ4n) is 2.99. The van der Waals surface area contributed by atoms with Crippen LogP contribution in [-0.4, -0.2) is 45.8 Å². The lowest BCUT2D eigenvalue weighted by molar-refractivity contribution is -0.133. The lowest BCUT2D eigenvalue weighted by Gasteiger charge is -2.23. The van der Waals surface area contributed by atoms with Crippen molar-refractivity contribution in [3.63, 3.8) is 0 Å². The highest BCUT2D eigenvalue weighted by Crippen LogP contribution is 2.15. The van der Waals surface area contributed by atoms with Gasteiger partial charge in [0.2, 0.25) is 5.91 Å². The van der Waals surface area contributed by atoms with Gasteiger partial charge in [-0.15, -0.1) is 0 Å². The molecule has 3 rings (SSSR count). The van der Waals surface area contributed by atoms with E-state index < -0.39 is 0 Å². The molecule has 0 bridgehead atoms. The Hall–Kier alpha value is -2.45. The number of aryl methyl sites for hydroxylation is 1. The van der Waals surface area contributed by atoms with Gasteiger partial charge in [-0.3, -0.25) is 14.9 Å². The number of carbonyl (C=O) groups is 1. The Morgan fingerprint density at radius 3 is 3.00 bits per heavy atom. The molecule has 0 aliphatic carbocycles. The molecule has 1 aromatic carbocycles. The predicted molar refractivity (Wildman–Crippen MR) is 94.7 cm³/mol. The first-order valence-corrected chi connectivity index (χ1v) is 8.71. The quantitative estimate of drug-likeness (QED) is 0.776. The normalized spacial score (nSPS) is 19.5. The minimum absolute atomic E-state index is 0.0238. The molecule has 2 atom stereocenters. The van der Waals surface area contributed by atoms with Crippen LogP contribution in [0.1, 0.15) is 18.9 Å². The fourth-order valence-corrected chi connectivity index (χ4v) is 2.99. The van der Waals surface area contributed by atoms with E-state index in [4.69, 9.17) is 4.74 Å². The number of likely N-dealkylation sites (N-methyl/N-ethyl adjacent to an activating group) is 1. The van der Waals surface area contributed by atoms with E-state index in [1.807, 2.05) is 20.2 Å². The molecular formula is C18H24FN5O2. The number of hydrogen-bond donors (Lipinski definition) is 2. The van der Waals surface area contributed by atoms with E-state index in [9.17, 15) is 9.18 Å². The molecule has 0 radical (unpaired) electrons. The molecular weight excluding hydrogens is 337 g/mol. The molecule has 1 aliphatic heterocycles. The first kappa shape index (κ1) is 18.3. The fraction of sp³-hybridized carbons (Fsp3) is 0.444. The van der Waals surface area contributed by atoms with Crippen LogP contribution in [0.25, 0.3) is 0 Å². The number of ether oxygens (including phenoxy) is 1. The summed E-state index contributed by atoms with van der Waals surface area (Å²) in [6, 6.07) is 5.70. The number of nitrogens with zero attached hydrogens (tertiary/aromatic N) is 3. The highest BCUT2D eigenvalue weighted by Gasteiger charge is 2.32. The maximum absolute atomic E-state index is 13.2. The number of hydrazine groups is 1. The van der Waals surface area contributed by atoms with Crippen LogP contribution in [0.5, 0.6) is 5.75 Å². The number of aromatic nitrogens is 2.